The molecule has 0 aliphatic carbocycles. The van der Waals surface area contributed by atoms with Gasteiger partial charge in [0.2, 0.25) is 0 Å². The molecule has 3 rings (SSSR count). The van der Waals surface area contributed by atoms with E-state index in [1.807, 2.05) is 0 Å². The Bertz CT molecular complexity index is 1530. The number of carbonyl (C=O) groups excluding carboxylic acids is 1. The molecule has 1 amide bonds. The Balaban J connectivity index is 1.82. The van der Waals surface area contributed by atoms with Crippen LogP contribution in [0, 0.1) is 21.4 Å². The molecule has 0 atom stereocenters. The third-order valence-corrected chi connectivity index (χ3v) is 6.70. The van der Waals surface area contributed by atoms with E-state index in [0.717, 1.165) is 6.07 Å². The van der Waals surface area contributed by atoms with Gasteiger partial charge in [-0.05, 0) is 76.1 Å². The average Bonchev–Trinajstić information content (AvgIpc) is 2.88. The number of methoxy groups -OCH3 is 2. The molecule has 37 heavy (non-hydrogen) atoms. The Morgan fingerprint density at radius 3 is 2.27 bits per heavy atom. The van der Waals surface area contributed by atoms with E-state index in [1.165, 1.54) is 74.9 Å². The zero-order chi connectivity index (χ0) is 27.2. The maximum absolute atomic E-state index is 12.6. The summed E-state index contributed by atoms with van der Waals surface area (Å²) in [4.78, 5) is 23.2. The Morgan fingerprint density at radius 1 is 1.05 bits per heavy atom. The highest BCUT2D eigenvalue weighted by Crippen LogP contribution is 2.31. The van der Waals surface area contributed by atoms with Crippen molar-refractivity contribution in [2.24, 2.45) is 0 Å². The smallest absolute Gasteiger partial charge is 0.339 e. The lowest BCUT2D eigenvalue weighted by Crippen LogP contribution is -2.14. The van der Waals surface area contributed by atoms with Crippen LogP contribution in [0.3, 0.4) is 0 Å². The van der Waals surface area contributed by atoms with Gasteiger partial charge in [0.25, 0.3) is 11.6 Å². The lowest BCUT2D eigenvalue weighted by Gasteiger charge is -2.10. The van der Waals surface area contributed by atoms with Crippen LogP contribution in [0.4, 0.5) is 11.4 Å². The van der Waals surface area contributed by atoms with Crippen LogP contribution in [-0.2, 0) is 14.9 Å². The number of nitriles is 1. The van der Waals surface area contributed by atoms with E-state index in [1.54, 1.807) is 6.07 Å². The van der Waals surface area contributed by atoms with Crippen molar-refractivity contribution in [3.05, 3.63) is 86.4 Å². The number of halogens is 1. The molecule has 0 bridgehead atoms. The number of rotatable bonds is 9. The van der Waals surface area contributed by atoms with Crippen molar-refractivity contribution in [2.75, 3.05) is 19.5 Å². The molecule has 11 nitrogen and oxygen atoms in total. The normalized spacial score (nSPS) is 11.2. The highest BCUT2D eigenvalue weighted by molar-refractivity contribution is 9.10. The van der Waals surface area contributed by atoms with Gasteiger partial charge in [-0.1, -0.05) is 6.07 Å². The molecule has 0 aromatic heterocycles. The van der Waals surface area contributed by atoms with Gasteiger partial charge in [0, 0.05) is 0 Å². The number of anilines is 1. The van der Waals surface area contributed by atoms with E-state index in [-0.39, 0.29) is 32.1 Å². The summed E-state index contributed by atoms with van der Waals surface area (Å²) in [6.45, 7) is 0. The number of nitrogens with zero attached hydrogens (tertiary/aromatic N) is 2. The van der Waals surface area contributed by atoms with E-state index in [0.29, 0.717) is 11.3 Å². The van der Waals surface area contributed by atoms with Crippen molar-refractivity contribution in [1.82, 2.24) is 0 Å². The van der Waals surface area contributed by atoms with Crippen LogP contribution in [0.15, 0.2) is 75.6 Å². The fraction of sp³-hybridized carbons (Fsp3) is 0.0833. The second-order valence-corrected chi connectivity index (χ2v) is 9.57. The van der Waals surface area contributed by atoms with Crippen LogP contribution in [0.2, 0.25) is 0 Å². The van der Waals surface area contributed by atoms with Crippen molar-refractivity contribution in [3.63, 3.8) is 0 Å². The zero-order valence-electron chi connectivity index (χ0n) is 19.3. The molecule has 0 radical (unpaired) electrons. The molecule has 0 spiro atoms. The van der Waals surface area contributed by atoms with Crippen molar-refractivity contribution in [3.8, 4) is 23.3 Å². The van der Waals surface area contributed by atoms with Gasteiger partial charge in [0.1, 0.15) is 33.7 Å². The molecule has 0 aliphatic heterocycles. The van der Waals surface area contributed by atoms with Crippen molar-refractivity contribution in [1.29, 1.82) is 5.26 Å². The molecule has 1 N–H and O–H groups in total. The second-order valence-electron chi connectivity index (χ2n) is 7.17. The second kappa shape index (κ2) is 11.5. The van der Waals surface area contributed by atoms with Gasteiger partial charge < -0.3 is 19.0 Å². The quantitative estimate of drug-likeness (QED) is 0.123. The highest BCUT2D eigenvalue weighted by Gasteiger charge is 2.21. The minimum atomic E-state index is -4.15. The molecule has 13 heteroatoms. The topological polar surface area (TPSA) is 158 Å². The summed E-state index contributed by atoms with van der Waals surface area (Å²) >= 11 is 3.23. The van der Waals surface area contributed by atoms with Crippen LogP contribution in [0.25, 0.3) is 6.08 Å². The third kappa shape index (κ3) is 6.63. The standard InChI is InChI=1S/C24H18BrN3O8S/c1-34-17-4-7-19(8-5-17)37(32,33)36-23-10-3-15(12-20(23)25)11-16(14-26)24(29)27-21-9-6-18(35-2)13-22(21)28(30)31/h3-13H,1-2H3,(H,27,29)/b16-11+. The van der Waals surface area contributed by atoms with Gasteiger partial charge in [-0.2, -0.15) is 13.7 Å². The van der Waals surface area contributed by atoms with E-state index in [2.05, 4.69) is 21.2 Å². The lowest BCUT2D eigenvalue weighted by molar-refractivity contribution is -0.384. The monoisotopic (exact) mass is 587 g/mol. The first-order valence-electron chi connectivity index (χ1n) is 10.2. The van der Waals surface area contributed by atoms with Crippen LogP contribution < -0.4 is 19.0 Å². The Labute approximate surface area is 220 Å². The number of hydrogen-bond donors (Lipinski definition) is 1. The van der Waals surface area contributed by atoms with E-state index in [9.17, 15) is 28.6 Å². The van der Waals surface area contributed by atoms with E-state index in [4.69, 9.17) is 13.7 Å². The van der Waals surface area contributed by atoms with Gasteiger partial charge >= 0.3 is 10.1 Å². The fourth-order valence-corrected chi connectivity index (χ4v) is 4.52. The molecule has 3 aromatic rings. The van der Waals surface area contributed by atoms with Crippen molar-refractivity contribution >= 4 is 49.4 Å². The van der Waals surface area contributed by atoms with Crippen LogP contribution in [0.1, 0.15) is 5.56 Å². The predicted molar refractivity (Wildman–Crippen MR) is 137 cm³/mol. The Morgan fingerprint density at radius 2 is 1.70 bits per heavy atom. The first-order chi connectivity index (χ1) is 17.6. The number of amides is 1. The predicted octanol–water partition coefficient (Wildman–Crippen LogP) is 4.69. The maximum Gasteiger partial charge on any atom is 0.339 e. The largest absolute Gasteiger partial charge is 0.497 e. The van der Waals surface area contributed by atoms with Gasteiger partial charge in [0.05, 0.1) is 29.7 Å². The summed E-state index contributed by atoms with van der Waals surface area (Å²) in [7, 11) is -1.35. The minimum absolute atomic E-state index is 0.0233. The number of nitro benzene ring substituents is 1. The Hall–Kier alpha value is -4.41. The summed E-state index contributed by atoms with van der Waals surface area (Å²) in [5, 5.41) is 23.2. The summed E-state index contributed by atoms with van der Waals surface area (Å²) in [6, 6.07) is 15.5. The van der Waals surface area contributed by atoms with Gasteiger partial charge in [-0.3, -0.25) is 14.9 Å². The Kier molecular flexibility index (Phi) is 8.49. The molecule has 0 aliphatic rings. The molecule has 0 fully saturated rings. The number of ether oxygens (including phenoxy) is 2. The van der Waals surface area contributed by atoms with Crippen LogP contribution >= 0.6 is 15.9 Å². The average molecular weight is 588 g/mol. The maximum atomic E-state index is 12.6. The number of nitrogens with one attached hydrogen (secondary N) is 1. The molecule has 3 aromatic carbocycles. The zero-order valence-corrected chi connectivity index (χ0v) is 21.7. The third-order valence-electron chi connectivity index (χ3n) is 4.83. The molecule has 190 valence electrons. The molecular formula is C24H18BrN3O8S. The number of hydrogen-bond acceptors (Lipinski definition) is 9. The SMILES string of the molecule is COc1ccc(S(=O)(=O)Oc2ccc(/C=C(\C#N)C(=O)Nc3ccc(OC)cc3[N+](=O)[O-])cc2Br)cc1. The molecule has 0 saturated heterocycles. The van der Waals surface area contributed by atoms with Crippen LogP contribution in [-0.4, -0.2) is 33.5 Å². The lowest BCUT2D eigenvalue weighted by atomic mass is 10.1. The van der Waals surface area contributed by atoms with Crippen LogP contribution in [0.5, 0.6) is 17.2 Å². The molecular weight excluding hydrogens is 570 g/mol. The van der Waals surface area contributed by atoms with Gasteiger partial charge in [-0.25, -0.2) is 0 Å². The van der Waals surface area contributed by atoms with Crippen molar-refractivity contribution in [2.45, 2.75) is 4.90 Å². The number of nitro groups is 1. The molecule has 0 unspecified atom stereocenters. The molecule has 0 heterocycles. The minimum Gasteiger partial charge on any atom is -0.497 e. The summed E-state index contributed by atoms with van der Waals surface area (Å²) < 4.78 is 40.6. The first-order valence-corrected chi connectivity index (χ1v) is 12.4. The highest BCUT2D eigenvalue weighted by atomic mass is 79.9. The van der Waals surface area contributed by atoms with Gasteiger partial charge in [0.15, 0.2) is 5.75 Å². The summed E-state index contributed by atoms with van der Waals surface area (Å²) in [5.74, 6) is -0.198. The van der Waals surface area contributed by atoms with E-state index < -0.39 is 26.6 Å². The van der Waals surface area contributed by atoms with Crippen molar-refractivity contribution < 1.29 is 31.8 Å². The fourth-order valence-electron chi connectivity index (χ4n) is 2.98. The first kappa shape index (κ1) is 27.2. The summed E-state index contributed by atoms with van der Waals surface area (Å²) in [6.07, 6.45) is 1.23. The summed E-state index contributed by atoms with van der Waals surface area (Å²) in [5.41, 5.74) is -0.522. The number of carbonyl (C=O) groups is 1. The number of benzene rings is 3. The van der Waals surface area contributed by atoms with E-state index >= 15 is 0 Å². The molecule has 0 saturated carbocycles. The van der Waals surface area contributed by atoms with Gasteiger partial charge in [-0.15, -0.1) is 0 Å².